The van der Waals surface area contributed by atoms with Gasteiger partial charge in [0.1, 0.15) is 5.76 Å². The Morgan fingerprint density at radius 2 is 1.88 bits per heavy atom. The summed E-state index contributed by atoms with van der Waals surface area (Å²) in [6.07, 6.45) is 0. The minimum absolute atomic E-state index is 0.697. The molecule has 1 heterocycles. The van der Waals surface area contributed by atoms with Crippen molar-refractivity contribution in [3.05, 3.63) is 41.3 Å². The van der Waals surface area contributed by atoms with Gasteiger partial charge >= 0.3 is 0 Å². The smallest absolute Gasteiger partial charge is 0.226 e. The summed E-state index contributed by atoms with van der Waals surface area (Å²) >= 11 is 0. The molecular formula is C13H16N2O. The van der Waals surface area contributed by atoms with Crippen LogP contribution in [0.2, 0.25) is 0 Å². The zero-order chi connectivity index (χ0) is 11.5. The fourth-order valence-electron chi connectivity index (χ4n) is 1.57. The summed E-state index contributed by atoms with van der Waals surface area (Å²) in [6, 6.07) is 8.19. The third-order valence-corrected chi connectivity index (χ3v) is 2.53. The monoisotopic (exact) mass is 216 g/mol. The van der Waals surface area contributed by atoms with Gasteiger partial charge in [0.2, 0.25) is 5.89 Å². The molecule has 0 spiro atoms. The minimum Gasteiger partial charge on any atom is -0.440 e. The first-order valence-electron chi connectivity index (χ1n) is 5.38. The number of aromatic nitrogens is 1. The second kappa shape index (κ2) is 4.49. The highest BCUT2D eigenvalue weighted by Crippen LogP contribution is 2.21. The molecule has 1 N–H and O–H groups in total. The summed E-state index contributed by atoms with van der Waals surface area (Å²) in [5.74, 6) is 1.60. The summed E-state index contributed by atoms with van der Waals surface area (Å²) < 4.78 is 5.71. The van der Waals surface area contributed by atoms with Gasteiger partial charge in [-0.15, -0.1) is 0 Å². The fraction of sp³-hybridized carbons (Fsp3) is 0.308. The average Bonchev–Trinajstić information content (AvgIpc) is 2.62. The van der Waals surface area contributed by atoms with E-state index in [1.54, 1.807) is 0 Å². The summed E-state index contributed by atoms with van der Waals surface area (Å²) in [6.45, 7) is 4.75. The van der Waals surface area contributed by atoms with Crippen LogP contribution in [-0.2, 0) is 6.54 Å². The van der Waals surface area contributed by atoms with Crippen molar-refractivity contribution >= 4 is 0 Å². The molecule has 2 aromatic rings. The Bertz CT molecular complexity index is 471. The first-order chi connectivity index (χ1) is 7.70. The van der Waals surface area contributed by atoms with E-state index in [9.17, 15) is 0 Å². The van der Waals surface area contributed by atoms with Gasteiger partial charge in [0.15, 0.2) is 0 Å². The van der Waals surface area contributed by atoms with Crippen molar-refractivity contribution < 1.29 is 4.42 Å². The summed E-state index contributed by atoms with van der Waals surface area (Å²) in [7, 11) is 1.90. The highest BCUT2D eigenvalue weighted by atomic mass is 16.4. The fourth-order valence-corrected chi connectivity index (χ4v) is 1.57. The van der Waals surface area contributed by atoms with Gasteiger partial charge in [-0.2, -0.15) is 0 Å². The van der Waals surface area contributed by atoms with Crippen molar-refractivity contribution in [1.29, 1.82) is 0 Å². The van der Waals surface area contributed by atoms with Crippen LogP contribution in [0.15, 0.2) is 28.7 Å². The lowest BCUT2D eigenvalue weighted by atomic mass is 10.1. The molecule has 3 nitrogen and oxygen atoms in total. The lowest BCUT2D eigenvalue weighted by molar-refractivity contribution is 0.501. The Balaban J connectivity index is 2.33. The topological polar surface area (TPSA) is 38.1 Å². The Labute approximate surface area is 95.5 Å². The molecule has 2 rings (SSSR count). The molecule has 0 aliphatic heterocycles. The Kier molecular flexibility index (Phi) is 3.06. The van der Waals surface area contributed by atoms with Gasteiger partial charge in [0.25, 0.3) is 0 Å². The van der Waals surface area contributed by atoms with E-state index in [2.05, 4.69) is 29.4 Å². The number of hydrogen-bond donors (Lipinski definition) is 1. The van der Waals surface area contributed by atoms with Gasteiger partial charge in [-0.3, -0.25) is 0 Å². The molecule has 0 radical (unpaired) electrons. The second-order valence-corrected chi connectivity index (χ2v) is 3.92. The zero-order valence-corrected chi connectivity index (χ0v) is 9.87. The van der Waals surface area contributed by atoms with Crippen molar-refractivity contribution in [2.45, 2.75) is 20.4 Å². The first-order valence-corrected chi connectivity index (χ1v) is 5.38. The molecule has 0 saturated carbocycles. The van der Waals surface area contributed by atoms with Crippen LogP contribution < -0.4 is 5.32 Å². The number of nitrogens with zero attached hydrogens (tertiary/aromatic N) is 1. The quantitative estimate of drug-likeness (QED) is 0.857. The third-order valence-electron chi connectivity index (χ3n) is 2.53. The predicted molar refractivity (Wildman–Crippen MR) is 64.2 cm³/mol. The number of hydrogen-bond acceptors (Lipinski definition) is 3. The number of benzene rings is 1. The molecule has 1 aromatic heterocycles. The van der Waals surface area contributed by atoms with E-state index in [1.807, 2.05) is 26.1 Å². The number of rotatable bonds is 3. The van der Waals surface area contributed by atoms with Gasteiger partial charge in [-0.25, -0.2) is 4.98 Å². The van der Waals surface area contributed by atoms with Crippen LogP contribution >= 0.6 is 0 Å². The molecular weight excluding hydrogens is 200 g/mol. The van der Waals surface area contributed by atoms with Crippen molar-refractivity contribution in [3.63, 3.8) is 0 Å². The van der Waals surface area contributed by atoms with Gasteiger partial charge < -0.3 is 9.73 Å². The lowest BCUT2D eigenvalue weighted by Crippen LogP contribution is -2.04. The maximum Gasteiger partial charge on any atom is 0.226 e. The second-order valence-electron chi connectivity index (χ2n) is 3.92. The zero-order valence-electron chi connectivity index (χ0n) is 9.87. The van der Waals surface area contributed by atoms with Crippen LogP contribution in [0.1, 0.15) is 17.0 Å². The molecule has 84 valence electrons. The SMILES string of the molecule is CNCc1oc(-c2ccc(C)cc2)nc1C. The highest BCUT2D eigenvalue weighted by Gasteiger charge is 2.10. The summed E-state index contributed by atoms with van der Waals surface area (Å²) in [5, 5.41) is 3.06. The van der Waals surface area contributed by atoms with E-state index in [-0.39, 0.29) is 0 Å². The van der Waals surface area contributed by atoms with Crippen LogP contribution in [0.25, 0.3) is 11.5 Å². The maximum absolute atomic E-state index is 5.71. The summed E-state index contributed by atoms with van der Waals surface area (Å²) in [4.78, 5) is 4.42. The van der Waals surface area contributed by atoms with Crippen LogP contribution in [0.3, 0.4) is 0 Å². The number of nitrogens with one attached hydrogen (secondary N) is 1. The molecule has 0 aliphatic carbocycles. The first kappa shape index (κ1) is 10.9. The molecule has 0 unspecified atom stereocenters. The van der Waals surface area contributed by atoms with Crippen LogP contribution in [-0.4, -0.2) is 12.0 Å². The maximum atomic E-state index is 5.71. The van der Waals surface area contributed by atoms with Gasteiger partial charge in [0.05, 0.1) is 12.2 Å². The summed E-state index contributed by atoms with van der Waals surface area (Å²) in [5.41, 5.74) is 3.21. The highest BCUT2D eigenvalue weighted by molar-refractivity contribution is 5.54. The Morgan fingerprint density at radius 3 is 2.50 bits per heavy atom. The molecule has 3 heteroatoms. The molecule has 0 atom stereocenters. The van der Waals surface area contributed by atoms with Gasteiger partial charge in [-0.1, -0.05) is 17.7 Å². The molecule has 0 saturated heterocycles. The molecule has 0 fully saturated rings. The minimum atomic E-state index is 0.697. The molecule has 0 aliphatic rings. The Hall–Kier alpha value is -1.61. The normalized spacial score (nSPS) is 10.7. The lowest BCUT2D eigenvalue weighted by Gasteiger charge is -1.96. The van der Waals surface area contributed by atoms with E-state index in [1.165, 1.54) is 5.56 Å². The number of oxazole rings is 1. The molecule has 0 bridgehead atoms. The van der Waals surface area contributed by atoms with E-state index in [4.69, 9.17) is 4.42 Å². The molecule has 0 amide bonds. The van der Waals surface area contributed by atoms with Crippen molar-refractivity contribution in [2.24, 2.45) is 0 Å². The van der Waals surface area contributed by atoms with E-state index in [0.29, 0.717) is 12.4 Å². The van der Waals surface area contributed by atoms with Gasteiger partial charge in [-0.05, 0) is 33.0 Å². The van der Waals surface area contributed by atoms with Crippen LogP contribution in [0.4, 0.5) is 0 Å². The van der Waals surface area contributed by atoms with E-state index in [0.717, 1.165) is 17.0 Å². The standard InChI is InChI=1S/C13H16N2O/c1-9-4-6-11(7-5-9)13-15-10(2)12(16-13)8-14-3/h4-7,14H,8H2,1-3H3. The largest absolute Gasteiger partial charge is 0.440 e. The molecule has 1 aromatic carbocycles. The molecule has 16 heavy (non-hydrogen) atoms. The van der Waals surface area contributed by atoms with Crippen molar-refractivity contribution in [3.8, 4) is 11.5 Å². The number of aryl methyl sites for hydroxylation is 2. The van der Waals surface area contributed by atoms with E-state index >= 15 is 0 Å². The third kappa shape index (κ3) is 2.14. The average molecular weight is 216 g/mol. The van der Waals surface area contributed by atoms with Crippen LogP contribution in [0, 0.1) is 13.8 Å². The predicted octanol–water partition coefficient (Wildman–Crippen LogP) is 2.68. The van der Waals surface area contributed by atoms with Crippen molar-refractivity contribution in [1.82, 2.24) is 10.3 Å². The van der Waals surface area contributed by atoms with Gasteiger partial charge in [0, 0.05) is 5.56 Å². The van der Waals surface area contributed by atoms with E-state index < -0.39 is 0 Å². The Morgan fingerprint density at radius 1 is 1.19 bits per heavy atom. The van der Waals surface area contributed by atoms with Crippen LogP contribution in [0.5, 0.6) is 0 Å². The van der Waals surface area contributed by atoms with Crippen molar-refractivity contribution in [2.75, 3.05) is 7.05 Å².